The molecule has 17 heavy (non-hydrogen) atoms. The zero-order chi connectivity index (χ0) is 12.4. The zero-order valence-electron chi connectivity index (χ0n) is 9.38. The molecule has 0 bridgehead atoms. The van der Waals surface area contributed by atoms with Crippen molar-refractivity contribution in [3.63, 3.8) is 0 Å². The molecule has 1 aromatic carbocycles. The SMILES string of the molecule is Cc1cc(C(=O)CCCCl)cc2oc(=O)[nH]c12. The summed E-state index contributed by atoms with van der Waals surface area (Å²) in [7, 11) is 0. The van der Waals surface area contributed by atoms with Crippen LogP contribution in [0.2, 0.25) is 0 Å². The number of nitrogens with one attached hydrogen (secondary N) is 1. The quantitative estimate of drug-likeness (QED) is 0.673. The predicted molar refractivity (Wildman–Crippen MR) is 65.9 cm³/mol. The van der Waals surface area contributed by atoms with Crippen LogP contribution >= 0.6 is 11.6 Å². The van der Waals surface area contributed by atoms with Gasteiger partial charge in [-0.15, -0.1) is 11.6 Å². The van der Waals surface area contributed by atoms with Gasteiger partial charge in [0.15, 0.2) is 11.4 Å². The molecule has 0 atom stereocenters. The summed E-state index contributed by atoms with van der Waals surface area (Å²) in [5.74, 6) is -0.0281. The Hall–Kier alpha value is -1.55. The number of hydrogen-bond acceptors (Lipinski definition) is 3. The summed E-state index contributed by atoms with van der Waals surface area (Å²) >= 11 is 5.55. The van der Waals surface area contributed by atoms with Crippen LogP contribution in [0.5, 0.6) is 0 Å². The smallest absolute Gasteiger partial charge is 0.408 e. The molecule has 0 aliphatic heterocycles. The fraction of sp³-hybridized carbons (Fsp3) is 0.333. The van der Waals surface area contributed by atoms with Crippen LogP contribution in [-0.4, -0.2) is 16.6 Å². The van der Waals surface area contributed by atoms with Gasteiger partial charge >= 0.3 is 5.76 Å². The third-order valence-corrected chi connectivity index (χ3v) is 2.86. The van der Waals surface area contributed by atoms with Crippen LogP contribution < -0.4 is 5.76 Å². The lowest BCUT2D eigenvalue weighted by Gasteiger charge is -2.01. The molecular weight excluding hydrogens is 242 g/mol. The first kappa shape index (κ1) is 11.9. The fourth-order valence-electron chi connectivity index (χ4n) is 1.76. The number of aryl methyl sites for hydroxylation is 1. The first-order valence-electron chi connectivity index (χ1n) is 5.34. The Morgan fingerprint density at radius 2 is 2.24 bits per heavy atom. The molecule has 2 rings (SSSR count). The van der Waals surface area contributed by atoms with E-state index in [0.717, 1.165) is 5.56 Å². The number of H-pyrrole nitrogens is 1. The van der Waals surface area contributed by atoms with E-state index in [4.69, 9.17) is 16.0 Å². The van der Waals surface area contributed by atoms with E-state index >= 15 is 0 Å². The topological polar surface area (TPSA) is 63.1 Å². The van der Waals surface area contributed by atoms with Crippen molar-refractivity contribution in [3.8, 4) is 0 Å². The molecule has 0 radical (unpaired) electrons. The van der Waals surface area contributed by atoms with Gasteiger partial charge in [0.05, 0.1) is 5.52 Å². The molecule has 0 amide bonds. The first-order valence-corrected chi connectivity index (χ1v) is 5.88. The van der Waals surface area contributed by atoms with Gasteiger partial charge in [-0.3, -0.25) is 9.78 Å². The number of fused-ring (bicyclic) bond motifs is 1. The van der Waals surface area contributed by atoms with E-state index < -0.39 is 5.76 Å². The van der Waals surface area contributed by atoms with Gasteiger partial charge in [-0.25, -0.2) is 4.79 Å². The lowest BCUT2D eigenvalue weighted by atomic mass is 10.0. The number of carbonyl (C=O) groups is 1. The maximum absolute atomic E-state index is 11.8. The van der Waals surface area contributed by atoms with Crippen molar-refractivity contribution in [2.45, 2.75) is 19.8 Å². The number of oxazole rings is 1. The molecule has 0 unspecified atom stereocenters. The van der Waals surface area contributed by atoms with Crippen molar-refractivity contribution in [1.82, 2.24) is 4.98 Å². The highest BCUT2D eigenvalue weighted by atomic mass is 35.5. The largest absolute Gasteiger partial charge is 0.417 e. The number of aromatic nitrogens is 1. The van der Waals surface area contributed by atoms with Crippen LogP contribution in [0, 0.1) is 6.92 Å². The lowest BCUT2D eigenvalue weighted by Crippen LogP contribution is -2.00. The molecule has 1 heterocycles. The molecule has 0 spiro atoms. The van der Waals surface area contributed by atoms with Crippen LogP contribution in [0.1, 0.15) is 28.8 Å². The van der Waals surface area contributed by atoms with Gasteiger partial charge in [0.2, 0.25) is 0 Å². The Kier molecular flexibility index (Phi) is 3.33. The number of ketones is 1. The van der Waals surface area contributed by atoms with Crippen molar-refractivity contribution in [3.05, 3.63) is 33.8 Å². The van der Waals surface area contributed by atoms with Gasteiger partial charge in [-0.05, 0) is 31.0 Å². The van der Waals surface area contributed by atoms with Crippen LogP contribution in [0.4, 0.5) is 0 Å². The van der Waals surface area contributed by atoms with Crippen LogP contribution in [0.15, 0.2) is 21.3 Å². The number of alkyl halides is 1. The Morgan fingerprint density at radius 1 is 1.47 bits per heavy atom. The van der Waals surface area contributed by atoms with E-state index in [-0.39, 0.29) is 5.78 Å². The number of benzene rings is 1. The molecule has 2 aromatic rings. The lowest BCUT2D eigenvalue weighted by molar-refractivity contribution is 0.0982. The number of aromatic amines is 1. The molecule has 0 saturated heterocycles. The third kappa shape index (κ3) is 2.42. The summed E-state index contributed by atoms with van der Waals surface area (Å²) in [5.41, 5.74) is 2.44. The van der Waals surface area contributed by atoms with Gasteiger partial charge in [-0.2, -0.15) is 0 Å². The van der Waals surface area contributed by atoms with Gasteiger partial charge in [0.1, 0.15) is 0 Å². The van der Waals surface area contributed by atoms with Crippen molar-refractivity contribution >= 4 is 28.5 Å². The molecular formula is C12H12ClNO3. The Balaban J connectivity index is 2.42. The number of rotatable bonds is 4. The predicted octanol–water partition coefficient (Wildman–Crippen LogP) is 2.63. The third-order valence-electron chi connectivity index (χ3n) is 2.59. The standard InChI is InChI=1S/C12H12ClNO3/c1-7-5-8(9(15)3-2-4-13)6-10-11(7)14-12(16)17-10/h5-6H,2-4H2,1H3,(H,14,16). The number of hydrogen-bond donors (Lipinski definition) is 1. The first-order chi connectivity index (χ1) is 8.11. The summed E-state index contributed by atoms with van der Waals surface area (Å²) in [6.45, 7) is 1.83. The van der Waals surface area contributed by atoms with Gasteiger partial charge in [0.25, 0.3) is 0 Å². The molecule has 5 heteroatoms. The highest BCUT2D eigenvalue weighted by molar-refractivity contribution is 6.18. The van der Waals surface area contributed by atoms with Crippen molar-refractivity contribution < 1.29 is 9.21 Å². The minimum atomic E-state index is -0.506. The number of halogens is 1. The van der Waals surface area contributed by atoms with E-state index in [9.17, 15) is 9.59 Å². The molecule has 1 aromatic heterocycles. The normalized spacial score (nSPS) is 10.9. The second-order valence-electron chi connectivity index (χ2n) is 3.90. The Labute approximate surface area is 103 Å². The summed E-state index contributed by atoms with van der Waals surface area (Å²) < 4.78 is 4.95. The zero-order valence-corrected chi connectivity index (χ0v) is 10.1. The van der Waals surface area contributed by atoms with E-state index in [2.05, 4.69) is 4.98 Å². The van der Waals surface area contributed by atoms with Crippen LogP contribution in [0.25, 0.3) is 11.1 Å². The van der Waals surface area contributed by atoms with E-state index in [1.54, 1.807) is 12.1 Å². The molecule has 0 fully saturated rings. The van der Waals surface area contributed by atoms with E-state index in [1.165, 1.54) is 0 Å². The van der Waals surface area contributed by atoms with Crippen molar-refractivity contribution in [2.24, 2.45) is 0 Å². The monoisotopic (exact) mass is 253 g/mol. The Morgan fingerprint density at radius 3 is 2.94 bits per heavy atom. The number of Topliss-reactive ketones (excluding diaryl/α,β-unsaturated/α-hetero) is 1. The maximum Gasteiger partial charge on any atom is 0.417 e. The molecule has 0 aliphatic rings. The average Bonchev–Trinajstić information content (AvgIpc) is 2.67. The summed E-state index contributed by atoms with van der Waals surface area (Å²) in [5, 5.41) is 0. The molecule has 4 nitrogen and oxygen atoms in total. The molecule has 0 saturated carbocycles. The molecule has 0 aliphatic carbocycles. The van der Waals surface area contributed by atoms with Crippen molar-refractivity contribution in [2.75, 3.05) is 5.88 Å². The molecule has 1 N–H and O–H groups in total. The van der Waals surface area contributed by atoms with Gasteiger partial charge < -0.3 is 4.42 Å². The van der Waals surface area contributed by atoms with Gasteiger partial charge in [0, 0.05) is 17.9 Å². The van der Waals surface area contributed by atoms with Gasteiger partial charge in [-0.1, -0.05) is 0 Å². The summed E-state index contributed by atoms with van der Waals surface area (Å²) in [4.78, 5) is 25.5. The summed E-state index contributed by atoms with van der Waals surface area (Å²) in [6, 6.07) is 3.35. The minimum absolute atomic E-state index is 0.0134. The van der Waals surface area contributed by atoms with E-state index in [0.29, 0.717) is 35.4 Å². The Bertz CT molecular complexity index is 612. The summed E-state index contributed by atoms with van der Waals surface area (Å²) in [6.07, 6.45) is 1.05. The fourth-order valence-corrected chi connectivity index (χ4v) is 1.89. The van der Waals surface area contributed by atoms with Crippen molar-refractivity contribution in [1.29, 1.82) is 0 Å². The second-order valence-corrected chi connectivity index (χ2v) is 4.27. The average molecular weight is 254 g/mol. The van der Waals surface area contributed by atoms with E-state index in [1.807, 2.05) is 6.92 Å². The van der Waals surface area contributed by atoms with Crippen LogP contribution in [0.3, 0.4) is 0 Å². The highest BCUT2D eigenvalue weighted by Gasteiger charge is 2.11. The minimum Gasteiger partial charge on any atom is -0.408 e. The van der Waals surface area contributed by atoms with Crippen LogP contribution in [-0.2, 0) is 0 Å². The number of carbonyl (C=O) groups excluding carboxylic acids is 1. The highest BCUT2D eigenvalue weighted by Crippen LogP contribution is 2.19. The second kappa shape index (κ2) is 4.75. The maximum atomic E-state index is 11.8. The molecule has 90 valence electrons.